The van der Waals surface area contributed by atoms with E-state index in [4.69, 9.17) is 0 Å². The van der Waals surface area contributed by atoms with Crippen molar-refractivity contribution in [2.24, 2.45) is 5.41 Å². The van der Waals surface area contributed by atoms with Gasteiger partial charge in [-0.15, -0.1) is 0 Å². The van der Waals surface area contributed by atoms with Gasteiger partial charge in [-0.25, -0.2) is 0 Å². The van der Waals surface area contributed by atoms with Crippen LogP contribution in [-0.4, -0.2) is 25.5 Å². The Labute approximate surface area is 102 Å². The van der Waals surface area contributed by atoms with Crippen LogP contribution in [0.4, 0.5) is 5.69 Å². The molecule has 1 aromatic rings. The van der Waals surface area contributed by atoms with Crippen molar-refractivity contribution >= 4 is 11.6 Å². The normalized spacial score (nSPS) is 23.3. The topological polar surface area (TPSA) is 32.3 Å². The molecule has 2 saturated heterocycles. The molecule has 3 nitrogen and oxygen atoms in total. The van der Waals surface area contributed by atoms with E-state index in [0.717, 1.165) is 44.6 Å². The average Bonchev–Trinajstić information content (AvgIpc) is 2.70. The molecule has 0 saturated carbocycles. The molecule has 0 aliphatic carbocycles. The first-order valence-electron chi connectivity index (χ1n) is 6.40. The maximum absolute atomic E-state index is 12.6. The Morgan fingerprint density at radius 1 is 1.06 bits per heavy atom. The third-order valence-electron chi connectivity index (χ3n) is 4.14. The molecule has 2 aliphatic heterocycles. The molecule has 0 aromatic heterocycles. The summed E-state index contributed by atoms with van der Waals surface area (Å²) in [6.07, 6.45) is 3.01. The van der Waals surface area contributed by atoms with Crippen LogP contribution in [0.3, 0.4) is 0 Å². The molecular weight excluding hydrogens is 212 g/mol. The van der Waals surface area contributed by atoms with Crippen molar-refractivity contribution in [2.45, 2.75) is 19.3 Å². The third kappa shape index (κ3) is 1.75. The van der Waals surface area contributed by atoms with E-state index in [-0.39, 0.29) is 5.41 Å². The van der Waals surface area contributed by atoms with Crippen LogP contribution in [0, 0.1) is 5.41 Å². The van der Waals surface area contributed by atoms with Gasteiger partial charge in [0, 0.05) is 12.2 Å². The van der Waals surface area contributed by atoms with Crippen LogP contribution in [-0.2, 0) is 4.79 Å². The zero-order valence-corrected chi connectivity index (χ0v) is 9.98. The maximum atomic E-state index is 12.6. The molecule has 0 radical (unpaired) electrons. The fourth-order valence-corrected chi connectivity index (χ4v) is 3.04. The second-order valence-electron chi connectivity index (χ2n) is 5.07. The predicted molar refractivity (Wildman–Crippen MR) is 67.9 cm³/mol. The number of benzene rings is 1. The van der Waals surface area contributed by atoms with Crippen LogP contribution in [0.25, 0.3) is 0 Å². The molecule has 3 rings (SSSR count). The second-order valence-corrected chi connectivity index (χ2v) is 5.07. The highest BCUT2D eigenvalue weighted by Gasteiger charge is 2.47. The summed E-state index contributed by atoms with van der Waals surface area (Å²) in [4.78, 5) is 14.5. The van der Waals surface area contributed by atoms with Gasteiger partial charge in [0.05, 0.1) is 5.41 Å². The summed E-state index contributed by atoms with van der Waals surface area (Å²) in [5.74, 6) is 0.338. The number of anilines is 1. The van der Waals surface area contributed by atoms with Crippen LogP contribution < -0.4 is 10.2 Å². The van der Waals surface area contributed by atoms with Crippen molar-refractivity contribution in [1.29, 1.82) is 0 Å². The number of amides is 1. The Bertz CT molecular complexity index is 409. The summed E-state index contributed by atoms with van der Waals surface area (Å²) < 4.78 is 0. The zero-order valence-electron chi connectivity index (χ0n) is 9.98. The van der Waals surface area contributed by atoms with Gasteiger partial charge < -0.3 is 10.2 Å². The zero-order chi connectivity index (χ0) is 11.7. The number of carbonyl (C=O) groups is 1. The van der Waals surface area contributed by atoms with E-state index in [2.05, 4.69) is 5.32 Å². The summed E-state index contributed by atoms with van der Waals surface area (Å²) in [5, 5.41) is 3.34. The van der Waals surface area contributed by atoms with Gasteiger partial charge >= 0.3 is 0 Å². The molecule has 0 unspecified atom stereocenters. The molecule has 3 heteroatoms. The van der Waals surface area contributed by atoms with Crippen molar-refractivity contribution in [1.82, 2.24) is 5.32 Å². The fourth-order valence-electron chi connectivity index (χ4n) is 3.04. The molecule has 1 aromatic carbocycles. The first-order chi connectivity index (χ1) is 8.32. The summed E-state index contributed by atoms with van der Waals surface area (Å²) in [6.45, 7) is 2.84. The fraction of sp³-hybridized carbons (Fsp3) is 0.500. The van der Waals surface area contributed by atoms with E-state index in [9.17, 15) is 4.79 Å². The molecule has 1 spiro atoms. The first kappa shape index (κ1) is 10.8. The number of nitrogens with zero attached hydrogens (tertiary/aromatic N) is 1. The van der Waals surface area contributed by atoms with E-state index in [1.807, 2.05) is 35.2 Å². The molecule has 0 bridgehead atoms. The molecule has 90 valence electrons. The number of hydrogen-bond donors (Lipinski definition) is 1. The van der Waals surface area contributed by atoms with Gasteiger partial charge in [-0.05, 0) is 44.5 Å². The number of piperidine rings is 1. The molecular formula is C14H18N2O. The first-order valence-corrected chi connectivity index (χ1v) is 6.40. The lowest BCUT2D eigenvalue weighted by Crippen LogP contribution is -2.42. The van der Waals surface area contributed by atoms with Crippen LogP contribution in [0.1, 0.15) is 19.3 Å². The highest BCUT2D eigenvalue weighted by atomic mass is 16.2. The predicted octanol–water partition coefficient (Wildman–Crippen LogP) is 1.79. The van der Waals surface area contributed by atoms with Crippen LogP contribution >= 0.6 is 0 Å². The SMILES string of the molecule is O=C1N(c2ccccc2)CCC12CCNCC2. The molecule has 2 heterocycles. The minimum Gasteiger partial charge on any atom is -0.317 e. The third-order valence-corrected chi connectivity index (χ3v) is 4.14. The van der Waals surface area contributed by atoms with Crippen molar-refractivity contribution in [3.8, 4) is 0 Å². The number of carbonyl (C=O) groups excluding carboxylic acids is 1. The standard InChI is InChI=1S/C14H18N2O/c17-13-14(6-9-15-10-7-14)8-11-16(13)12-4-2-1-3-5-12/h1-5,15H,6-11H2. The quantitative estimate of drug-likeness (QED) is 0.797. The monoisotopic (exact) mass is 230 g/mol. The van der Waals surface area contributed by atoms with E-state index in [0.29, 0.717) is 5.91 Å². The average molecular weight is 230 g/mol. The molecule has 1 N–H and O–H groups in total. The molecule has 2 fully saturated rings. The minimum atomic E-state index is -0.0684. The second kappa shape index (κ2) is 4.15. The highest BCUT2D eigenvalue weighted by Crippen LogP contribution is 2.41. The minimum absolute atomic E-state index is 0.0684. The summed E-state index contributed by atoms with van der Waals surface area (Å²) in [5.41, 5.74) is 0.981. The van der Waals surface area contributed by atoms with Crippen LogP contribution in [0.5, 0.6) is 0 Å². The van der Waals surface area contributed by atoms with Gasteiger partial charge in [-0.3, -0.25) is 4.79 Å². The number of para-hydroxylation sites is 1. The van der Waals surface area contributed by atoms with Gasteiger partial charge in [0.1, 0.15) is 0 Å². The molecule has 17 heavy (non-hydrogen) atoms. The Balaban J connectivity index is 1.85. The lowest BCUT2D eigenvalue weighted by atomic mass is 9.78. The largest absolute Gasteiger partial charge is 0.317 e. The molecule has 1 amide bonds. The Morgan fingerprint density at radius 2 is 1.76 bits per heavy atom. The van der Waals surface area contributed by atoms with Crippen LogP contribution in [0.2, 0.25) is 0 Å². The highest BCUT2D eigenvalue weighted by molar-refractivity contribution is 5.99. The van der Waals surface area contributed by atoms with Crippen molar-refractivity contribution < 1.29 is 4.79 Å². The van der Waals surface area contributed by atoms with E-state index < -0.39 is 0 Å². The summed E-state index contributed by atoms with van der Waals surface area (Å²) in [6, 6.07) is 10.0. The van der Waals surface area contributed by atoms with Crippen molar-refractivity contribution in [2.75, 3.05) is 24.5 Å². The summed E-state index contributed by atoms with van der Waals surface area (Å²) >= 11 is 0. The van der Waals surface area contributed by atoms with E-state index in [1.54, 1.807) is 0 Å². The maximum Gasteiger partial charge on any atom is 0.233 e. The smallest absolute Gasteiger partial charge is 0.233 e. The Morgan fingerprint density at radius 3 is 2.47 bits per heavy atom. The number of hydrogen-bond acceptors (Lipinski definition) is 2. The van der Waals surface area contributed by atoms with Gasteiger partial charge in [-0.2, -0.15) is 0 Å². The summed E-state index contributed by atoms with van der Waals surface area (Å²) in [7, 11) is 0. The van der Waals surface area contributed by atoms with Gasteiger partial charge in [0.2, 0.25) is 5.91 Å². The van der Waals surface area contributed by atoms with Crippen molar-refractivity contribution in [3.63, 3.8) is 0 Å². The van der Waals surface area contributed by atoms with Gasteiger partial charge in [-0.1, -0.05) is 18.2 Å². The van der Waals surface area contributed by atoms with Gasteiger partial charge in [0.25, 0.3) is 0 Å². The van der Waals surface area contributed by atoms with E-state index >= 15 is 0 Å². The lowest BCUT2D eigenvalue weighted by molar-refractivity contribution is -0.126. The number of rotatable bonds is 1. The molecule has 0 atom stereocenters. The van der Waals surface area contributed by atoms with Crippen LogP contribution in [0.15, 0.2) is 30.3 Å². The Hall–Kier alpha value is -1.35. The lowest BCUT2D eigenvalue weighted by Gasteiger charge is -2.32. The number of nitrogens with one attached hydrogen (secondary N) is 1. The van der Waals surface area contributed by atoms with Crippen molar-refractivity contribution in [3.05, 3.63) is 30.3 Å². The molecule has 2 aliphatic rings. The van der Waals surface area contributed by atoms with E-state index in [1.165, 1.54) is 0 Å². The van der Waals surface area contributed by atoms with Gasteiger partial charge in [0.15, 0.2) is 0 Å². The Kier molecular flexibility index (Phi) is 2.63.